The van der Waals surface area contributed by atoms with E-state index in [1.54, 1.807) is 0 Å². The van der Waals surface area contributed by atoms with E-state index in [1.807, 2.05) is 0 Å². The molecule has 0 aliphatic rings. The Morgan fingerprint density at radius 3 is 0.875 bits per heavy atom. The Kier molecular flexibility index (Phi) is 4.73. The number of hydrogen-bond acceptors (Lipinski definition) is 2. The normalized spacial score (nSPS) is 14.2. The van der Waals surface area contributed by atoms with Crippen molar-refractivity contribution in [3.63, 3.8) is 0 Å². The molecule has 50 valence electrons. The van der Waals surface area contributed by atoms with Crippen LogP contribution in [0, 0.1) is 0 Å². The van der Waals surface area contributed by atoms with Gasteiger partial charge in [-0.15, -0.1) is 0 Å². The summed E-state index contributed by atoms with van der Waals surface area (Å²) in [5.74, 6) is 0. The number of nitrogens with two attached hydrogens (primary N) is 2. The first kappa shape index (κ1) is 10.8. The van der Waals surface area contributed by atoms with E-state index in [0.717, 1.165) is 0 Å². The van der Waals surface area contributed by atoms with Crippen LogP contribution in [0.25, 0.3) is 0 Å². The van der Waals surface area contributed by atoms with Gasteiger partial charge in [0, 0.05) is 0 Å². The molecule has 0 aromatic rings. The van der Waals surface area contributed by atoms with E-state index in [2.05, 4.69) is 90.4 Å². The van der Waals surface area contributed by atoms with Gasteiger partial charge in [-0.3, -0.25) is 0 Å². The van der Waals surface area contributed by atoms with Crippen LogP contribution in [0.1, 0.15) is 0 Å². The Balaban J connectivity index is 4.02. The Morgan fingerprint density at radius 2 is 0.875 bits per heavy atom. The Labute approximate surface area is 103 Å². The van der Waals surface area contributed by atoms with Crippen LogP contribution in [-0.2, 0) is 0 Å². The van der Waals surface area contributed by atoms with Crippen LogP contribution in [0.15, 0.2) is 0 Å². The van der Waals surface area contributed by atoms with E-state index < -0.39 is 0 Å². The van der Waals surface area contributed by atoms with Crippen LogP contribution < -0.4 is 11.5 Å². The maximum absolute atomic E-state index is 5.65. The van der Waals surface area contributed by atoms with Gasteiger partial charge in [-0.05, 0) is 90.4 Å². The summed E-state index contributed by atoms with van der Waals surface area (Å²) in [7, 11) is 0. The van der Waals surface area contributed by atoms with Crippen LogP contribution in [0.5, 0.6) is 0 Å². The van der Waals surface area contributed by atoms with Crippen LogP contribution in [0.4, 0.5) is 0 Å². The molecule has 0 amide bonds. The zero-order valence-electron chi connectivity index (χ0n) is 3.67. The quantitative estimate of drug-likeness (QED) is 0.291. The number of hydrogen-bond donors (Lipinski definition) is 2. The third-order valence-electron chi connectivity index (χ3n) is 0.444. The average Bonchev–Trinajstić information content (AvgIpc) is 1.25. The summed E-state index contributed by atoms with van der Waals surface area (Å²) >= 11 is 8.43. The second kappa shape index (κ2) is 3.49. The molecule has 0 saturated carbocycles. The van der Waals surface area contributed by atoms with E-state index >= 15 is 0 Å². The molecule has 0 aromatic heterocycles. The maximum atomic E-state index is 5.65. The van der Waals surface area contributed by atoms with Crippen molar-refractivity contribution < 1.29 is 0 Å². The van der Waals surface area contributed by atoms with Crippen molar-refractivity contribution in [1.29, 1.82) is 0 Å². The van der Waals surface area contributed by atoms with E-state index in [0.29, 0.717) is 0 Å². The molecular formula is C2H4I4N2. The molecular weight excluding hydrogens is 560 g/mol. The molecule has 0 bridgehead atoms. The number of rotatable bonds is 1. The molecule has 0 radical (unpaired) electrons. The van der Waals surface area contributed by atoms with Crippen molar-refractivity contribution in [3.05, 3.63) is 0 Å². The van der Waals surface area contributed by atoms with Crippen LogP contribution in [0.2, 0.25) is 0 Å². The molecule has 8 heavy (non-hydrogen) atoms. The number of halogens is 4. The third-order valence-corrected chi connectivity index (χ3v) is 7.98. The van der Waals surface area contributed by atoms with Crippen LogP contribution in [0.3, 0.4) is 0 Å². The smallest absolute Gasteiger partial charge is 0.157 e. The minimum Gasteiger partial charge on any atom is -0.306 e. The molecule has 0 aliphatic heterocycles. The fourth-order valence-electron chi connectivity index (χ4n) is 0. The molecule has 0 atom stereocenters. The van der Waals surface area contributed by atoms with Gasteiger partial charge in [0.15, 0.2) is 3.10 Å². The molecule has 0 rings (SSSR count). The van der Waals surface area contributed by atoms with E-state index in [9.17, 15) is 0 Å². The second-order valence-corrected chi connectivity index (χ2v) is 12.2. The van der Waals surface area contributed by atoms with Crippen molar-refractivity contribution >= 4 is 90.4 Å². The molecule has 4 N–H and O–H groups in total. The van der Waals surface area contributed by atoms with Crippen LogP contribution >= 0.6 is 90.4 Å². The summed E-state index contributed by atoms with van der Waals surface area (Å²) < 4.78 is -0.743. The third kappa shape index (κ3) is 3.88. The molecule has 0 fully saturated rings. The molecule has 0 aromatic carbocycles. The standard InChI is InChI=1S/C2H4I4N2/c3-1(4,7)2(5,6)8/h7-8H2. The first-order chi connectivity index (χ1) is 3.25. The predicted octanol–water partition coefficient (Wildman–Crippen LogP) is 1.95. The lowest BCUT2D eigenvalue weighted by Gasteiger charge is -2.26. The minimum atomic E-state index is -0.371. The molecule has 0 unspecified atom stereocenters. The van der Waals surface area contributed by atoms with Gasteiger partial charge in [0.05, 0.1) is 0 Å². The summed E-state index contributed by atoms with van der Waals surface area (Å²) in [6, 6.07) is 0. The SMILES string of the molecule is NC(I)(I)C(N)(I)I. The molecule has 0 spiro atoms. The highest BCUT2D eigenvalue weighted by atomic mass is 127. The van der Waals surface area contributed by atoms with Gasteiger partial charge < -0.3 is 11.5 Å². The van der Waals surface area contributed by atoms with E-state index in [4.69, 9.17) is 11.5 Å². The first-order valence-electron chi connectivity index (χ1n) is 1.58. The van der Waals surface area contributed by atoms with E-state index in [1.165, 1.54) is 0 Å². The van der Waals surface area contributed by atoms with E-state index in [-0.39, 0.29) is 3.10 Å². The monoisotopic (exact) mass is 564 g/mol. The summed E-state index contributed by atoms with van der Waals surface area (Å²) in [5.41, 5.74) is 11.3. The highest BCUT2D eigenvalue weighted by molar-refractivity contribution is 14.2. The molecule has 0 aliphatic carbocycles. The summed E-state index contributed by atoms with van der Waals surface area (Å²) in [5, 5.41) is 0. The highest BCUT2D eigenvalue weighted by Gasteiger charge is 2.37. The van der Waals surface area contributed by atoms with Crippen LogP contribution in [-0.4, -0.2) is 3.10 Å². The largest absolute Gasteiger partial charge is 0.306 e. The van der Waals surface area contributed by atoms with Gasteiger partial charge in [0.2, 0.25) is 0 Å². The van der Waals surface area contributed by atoms with Gasteiger partial charge in [0.25, 0.3) is 0 Å². The average molecular weight is 564 g/mol. The second-order valence-electron chi connectivity index (χ2n) is 1.25. The minimum absolute atomic E-state index is 0.371. The fourth-order valence-corrected chi connectivity index (χ4v) is 0. The first-order valence-corrected chi connectivity index (χ1v) is 5.90. The topological polar surface area (TPSA) is 52.0 Å². The van der Waals surface area contributed by atoms with Gasteiger partial charge in [-0.1, -0.05) is 0 Å². The summed E-state index contributed by atoms with van der Waals surface area (Å²) in [6.45, 7) is 0. The predicted molar refractivity (Wildman–Crippen MR) is 69.9 cm³/mol. The maximum Gasteiger partial charge on any atom is 0.157 e. The lowest BCUT2D eigenvalue weighted by Crippen LogP contribution is -2.48. The van der Waals surface area contributed by atoms with Crippen molar-refractivity contribution in [2.24, 2.45) is 11.5 Å². The highest BCUT2D eigenvalue weighted by Crippen LogP contribution is 2.41. The summed E-state index contributed by atoms with van der Waals surface area (Å²) in [4.78, 5) is 0. The fraction of sp³-hybridized carbons (Fsp3) is 1.00. The van der Waals surface area contributed by atoms with Gasteiger partial charge in [-0.25, -0.2) is 0 Å². The molecule has 0 heterocycles. The Hall–Kier alpha value is 2.84. The molecule has 6 heteroatoms. The Morgan fingerprint density at radius 1 is 0.750 bits per heavy atom. The zero-order valence-corrected chi connectivity index (χ0v) is 12.3. The van der Waals surface area contributed by atoms with Crippen molar-refractivity contribution in [2.75, 3.05) is 0 Å². The Bertz CT molecular complexity index is 67.0. The van der Waals surface area contributed by atoms with Crippen molar-refractivity contribution in [3.8, 4) is 0 Å². The lowest BCUT2D eigenvalue weighted by molar-refractivity contribution is 0.865. The van der Waals surface area contributed by atoms with Gasteiger partial charge in [-0.2, -0.15) is 0 Å². The lowest BCUT2D eigenvalue weighted by atomic mass is 10.7. The van der Waals surface area contributed by atoms with Crippen molar-refractivity contribution in [2.45, 2.75) is 3.10 Å². The zero-order chi connectivity index (χ0) is 7.00. The van der Waals surface area contributed by atoms with Gasteiger partial charge >= 0.3 is 0 Å². The number of alkyl halides is 4. The summed E-state index contributed by atoms with van der Waals surface area (Å²) in [6.07, 6.45) is 0. The van der Waals surface area contributed by atoms with Crippen molar-refractivity contribution in [1.82, 2.24) is 0 Å². The van der Waals surface area contributed by atoms with Gasteiger partial charge in [0.1, 0.15) is 0 Å². The molecule has 0 saturated heterocycles. The molecule has 2 nitrogen and oxygen atoms in total.